The quantitative estimate of drug-likeness (QED) is 0.654. The number of rotatable bonds is 6. The summed E-state index contributed by atoms with van der Waals surface area (Å²) in [4.78, 5) is 0. The van der Waals surface area contributed by atoms with E-state index >= 15 is 0 Å². The lowest BCUT2D eigenvalue weighted by molar-refractivity contribution is 0.0966. The van der Waals surface area contributed by atoms with Gasteiger partial charge in [0.2, 0.25) is 0 Å². The number of hydrogen-bond acceptors (Lipinski definition) is 1. The van der Waals surface area contributed by atoms with Crippen molar-refractivity contribution in [2.75, 3.05) is 11.9 Å². The van der Waals surface area contributed by atoms with Gasteiger partial charge in [-0.05, 0) is 37.0 Å². The van der Waals surface area contributed by atoms with Crippen LogP contribution < -0.4 is 0 Å². The molecule has 0 radical (unpaired) electrons. The molecule has 0 spiro atoms. The molecule has 1 saturated heterocycles. The minimum Gasteiger partial charge on any atom is -0.378 e. The van der Waals surface area contributed by atoms with Gasteiger partial charge in [-0.25, -0.2) is 0 Å². The molecule has 15 heavy (non-hydrogen) atoms. The molecule has 1 nitrogen and oxygen atoms in total. The molecule has 1 aliphatic heterocycles. The van der Waals surface area contributed by atoms with E-state index in [1.165, 1.54) is 32.1 Å². The third kappa shape index (κ3) is 4.07. The van der Waals surface area contributed by atoms with E-state index in [0.717, 1.165) is 17.9 Å². The monoisotopic (exact) mass is 276 g/mol. The number of ether oxygens (including phenoxy) is 1. The molecule has 2 atom stereocenters. The molecule has 2 unspecified atom stereocenters. The van der Waals surface area contributed by atoms with Gasteiger partial charge in [0.1, 0.15) is 0 Å². The lowest BCUT2D eigenvalue weighted by Crippen LogP contribution is -2.25. The van der Waals surface area contributed by atoms with E-state index < -0.39 is 0 Å². The van der Waals surface area contributed by atoms with Crippen LogP contribution in [0.2, 0.25) is 0 Å². The summed E-state index contributed by atoms with van der Waals surface area (Å²) in [5.41, 5.74) is 0.457. The van der Waals surface area contributed by atoms with Gasteiger partial charge >= 0.3 is 0 Å². The summed E-state index contributed by atoms with van der Waals surface area (Å²) in [5.74, 6) is 0.751. The summed E-state index contributed by atoms with van der Waals surface area (Å²) in [6.45, 7) is 8.03. The van der Waals surface area contributed by atoms with E-state index in [9.17, 15) is 0 Å². The molecule has 1 fully saturated rings. The van der Waals surface area contributed by atoms with E-state index in [1.54, 1.807) is 0 Å². The summed E-state index contributed by atoms with van der Waals surface area (Å²) in [5, 5.41) is 1.11. The van der Waals surface area contributed by atoms with Gasteiger partial charge < -0.3 is 4.74 Å². The first kappa shape index (κ1) is 13.5. The van der Waals surface area contributed by atoms with Crippen molar-refractivity contribution in [2.45, 2.75) is 59.0 Å². The Morgan fingerprint density at radius 1 is 1.47 bits per heavy atom. The van der Waals surface area contributed by atoms with Crippen LogP contribution in [0.4, 0.5) is 0 Å². The highest BCUT2D eigenvalue weighted by Gasteiger charge is 2.27. The topological polar surface area (TPSA) is 9.23 Å². The van der Waals surface area contributed by atoms with Crippen molar-refractivity contribution in [3.63, 3.8) is 0 Å². The number of halogens is 1. The maximum atomic E-state index is 5.65. The molecular weight excluding hydrogens is 252 g/mol. The van der Waals surface area contributed by atoms with Crippen LogP contribution in [0.5, 0.6) is 0 Å². The Balaban J connectivity index is 2.22. The van der Waals surface area contributed by atoms with Crippen LogP contribution in [-0.2, 0) is 4.74 Å². The molecule has 2 heteroatoms. The average molecular weight is 277 g/mol. The van der Waals surface area contributed by atoms with Crippen molar-refractivity contribution >= 4 is 15.9 Å². The van der Waals surface area contributed by atoms with Crippen LogP contribution in [-0.4, -0.2) is 18.0 Å². The fourth-order valence-electron chi connectivity index (χ4n) is 2.12. The number of alkyl halides is 1. The molecule has 1 heterocycles. The van der Waals surface area contributed by atoms with Gasteiger partial charge in [-0.2, -0.15) is 0 Å². The second-order valence-electron chi connectivity index (χ2n) is 5.47. The first-order valence-corrected chi connectivity index (χ1v) is 7.38. The Morgan fingerprint density at radius 2 is 2.20 bits per heavy atom. The molecular formula is C13H25BrO. The molecule has 90 valence electrons. The Morgan fingerprint density at radius 3 is 2.67 bits per heavy atom. The van der Waals surface area contributed by atoms with E-state index in [1.807, 2.05) is 0 Å². The molecule has 0 aromatic carbocycles. The van der Waals surface area contributed by atoms with Gasteiger partial charge in [-0.15, -0.1) is 0 Å². The standard InChI is InChI=1S/C13H25BrO/c1-11(2)13(3,10-14)8-4-6-12-7-5-9-15-12/h11-12H,4-10H2,1-3H3. The Labute approximate surface area is 103 Å². The summed E-state index contributed by atoms with van der Waals surface area (Å²) in [6.07, 6.45) is 7.00. The molecule has 0 saturated carbocycles. The van der Waals surface area contributed by atoms with Crippen molar-refractivity contribution in [1.82, 2.24) is 0 Å². The first-order valence-electron chi connectivity index (χ1n) is 6.26. The van der Waals surface area contributed by atoms with Gasteiger partial charge in [0.25, 0.3) is 0 Å². The lowest BCUT2D eigenvalue weighted by atomic mass is 9.77. The Hall–Kier alpha value is 0.440. The van der Waals surface area contributed by atoms with Crippen molar-refractivity contribution in [3.05, 3.63) is 0 Å². The maximum absolute atomic E-state index is 5.65. The second-order valence-corrected chi connectivity index (χ2v) is 6.03. The average Bonchev–Trinajstić information content (AvgIpc) is 2.70. The maximum Gasteiger partial charge on any atom is 0.0576 e. The smallest absolute Gasteiger partial charge is 0.0576 e. The zero-order valence-electron chi connectivity index (χ0n) is 10.4. The third-order valence-corrected chi connectivity index (χ3v) is 5.28. The summed E-state index contributed by atoms with van der Waals surface area (Å²) < 4.78 is 5.65. The van der Waals surface area contributed by atoms with Crippen LogP contribution >= 0.6 is 15.9 Å². The molecule has 0 amide bonds. The van der Waals surface area contributed by atoms with E-state index in [0.29, 0.717) is 11.5 Å². The molecule has 0 aliphatic carbocycles. The molecule has 0 bridgehead atoms. The normalized spacial score (nSPS) is 25.8. The lowest BCUT2D eigenvalue weighted by Gasteiger charge is -2.32. The van der Waals surface area contributed by atoms with Gasteiger partial charge in [-0.1, -0.05) is 43.1 Å². The Kier molecular flexibility index (Phi) is 5.62. The van der Waals surface area contributed by atoms with Crippen LogP contribution in [0.15, 0.2) is 0 Å². The molecule has 0 N–H and O–H groups in total. The van der Waals surface area contributed by atoms with Crippen LogP contribution in [0.1, 0.15) is 52.9 Å². The van der Waals surface area contributed by atoms with E-state index in [2.05, 4.69) is 36.7 Å². The van der Waals surface area contributed by atoms with E-state index in [4.69, 9.17) is 4.74 Å². The van der Waals surface area contributed by atoms with Crippen molar-refractivity contribution < 1.29 is 4.74 Å². The predicted molar refractivity (Wildman–Crippen MR) is 69.6 cm³/mol. The zero-order chi connectivity index (χ0) is 11.3. The summed E-state index contributed by atoms with van der Waals surface area (Å²) in [6, 6.07) is 0. The van der Waals surface area contributed by atoms with Crippen molar-refractivity contribution in [3.8, 4) is 0 Å². The first-order chi connectivity index (χ1) is 7.08. The molecule has 1 aliphatic rings. The highest BCUT2D eigenvalue weighted by molar-refractivity contribution is 9.09. The molecule has 1 rings (SSSR count). The highest BCUT2D eigenvalue weighted by atomic mass is 79.9. The summed E-state index contributed by atoms with van der Waals surface area (Å²) in [7, 11) is 0. The Bertz CT molecular complexity index is 175. The van der Waals surface area contributed by atoms with Crippen LogP contribution in [0.25, 0.3) is 0 Å². The predicted octanol–water partition coefficient (Wildman–Crippen LogP) is 4.39. The van der Waals surface area contributed by atoms with Crippen molar-refractivity contribution in [2.24, 2.45) is 11.3 Å². The molecule has 0 aromatic heterocycles. The summed E-state index contributed by atoms with van der Waals surface area (Å²) >= 11 is 3.66. The highest BCUT2D eigenvalue weighted by Crippen LogP contribution is 2.35. The fraction of sp³-hybridized carbons (Fsp3) is 1.00. The van der Waals surface area contributed by atoms with Gasteiger partial charge in [0.15, 0.2) is 0 Å². The SMILES string of the molecule is CC(C)C(C)(CBr)CCCC1CCCO1. The minimum absolute atomic E-state index is 0.457. The van der Waals surface area contributed by atoms with Gasteiger partial charge in [0.05, 0.1) is 6.10 Å². The van der Waals surface area contributed by atoms with Crippen LogP contribution in [0, 0.1) is 11.3 Å². The van der Waals surface area contributed by atoms with E-state index in [-0.39, 0.29) is 0 Å². The largest absolute Gasteiger partial charge is 0.378 e. The molecule has 0 aromatic rings. The minimum atomic E-state index is 0.457. The van der Waals surface area contributed by atoms with Crippen molar-refractivity contribution in [1.29, 1.82) is 0 Å². The second kappa shape index (κ2) is 6.24. The number of hydrogen-bond donors (Lipinski definition) is 0. The van der Waals surface area contributed by atoms with Crippen LogP contribution in [0.3, 0.4) is 0 Å². The zero-order valence-corrected chi connectivity index (χ0v) is 12.0. The third-order valence-electron chi connectivity index (χ3n) is 4.00. The van der Waals surface area contributed by atoms with Gasteiger partial charge in [0, 0.05) is 11.9 Å². The van der Waals surface area contributed by atoms with Gasteiger partial charge in [-0.3, -0.25) is 0 Å². The fourth-order valence-corrected chi connectivity index (χ4v) is 3.04.